The highest BCUT2D eigenvalue weighted by atomic mass is 35.5. The van der Waals surface area contributed by atoms with E-state index in [1.54, 1.807) is 0 Å². The molecule has 2 aromatic heterocycles. The number of aryl methyl sites for hydroxylation is 3. The van der Waals surface area contributed by atoms with Crippen LogP contribution < -0.4 is 5.32 Å². The standard InChI is InChI=1S/C16H23ClN4/c1-5-12-16(17)15(21(4)20-12)10-14(18-6-2)13-9-11(3)7-8-19-13/h7-9,14,18H,5-6,10H2,1-4H3. The van der Waals surface area contributed by atoms with E-state index < -0.39 is 0 Å². The van der Waals surface area contributed by atoms with Crippen molar-refractivity contribution in [1.82, 2.24) is 20.1 Å². The molecule has 5 heteroatoms. The van der Waals surface area contributed by atoms with Gasteiger partial charge in [-0.05, 0) is 37.6 Å². The van der Waals surface area contributed by atoms with Crippen molar-refractivity contribution in [3.63, 3.8) is 0 Å². The Morgan fingerprint density at radius 2 is 2.14 bits per heavy atom. The Bertz CT molecular complexity index is 606. The molecule has 0 aromatic carbocycles. The van der Waals surface area contributed by atoms with Crippen LogP contribution in [0.25, 0.3) is 0 Å². The van der Waals surface area contributed by atoms with Crippen LogP contribution in [0, 0.1) is 6.92 Å². The van der Waals surface area contributed by atoms with Gasteiger partial charge in [-0.2, -0.15) is 5.10 Å². The van der Waals surface area contributed by atoms with Crippen molar-refractivity contribution in [2.45, 2.75) is 39.7 Å². The third-order valence-corrected chi connectivity index (χ3v) is 4.08. The molecule has 0 saturated carbocycles. The van der Waals surface area contributed by atoms with E-state index in [0.29, 0.717) is 0 Å². The smallest absolute Gasteiger partial charge is 0.0850 e. The van der Waals surface area contributed by atoms with Crippen molar-refractivity contribution >= 4 is 11.6 Å². The lowest BCUT2D eigenvalue weighted by Crippen LogP contribution is -2.25. The molecule has 114 valence electrons. The van der Waals surface area contributed by atoms with E-state index in [1.807, 2.05) is 24.0 Å². The predicted molar refractivity (Wildman–Crippen MR) is 86.7 cm³/mol. The van der Waals surface area contributed by atoms with Crippen LogP contribution in [0.3, 0.4) is 0 Å². The number of aromatic nitrogens is 3. The summed E-state index contributed by atoms with van der Waals surface area (Å²) < 4.78 is 1.89. The van der Waals surface area contributed by atoms with Gasteiger partial charge in [-0.15, -0.1) is 0 Å². The van der Waals surface area contributed by atoms with E-state index >= 15 is 0 Å². The van der Waals surface area contributed by atoms with Crippen LogP contribution in [0.5, 0.6) is 0 Å². The third kappa shape index (κ3) is 3.63. The number of hydrogen-bond acceptors (Lipinski definition) is 3. The van der Waals surface area contributed by atoms with Gasteiger partial charge in [0.2, 0.25) is 0 Å². The first kappa shape index (κ1) is 16.0. The Morgan fingerprint density at radius 3 is 2.71 bits per heavy atom. The van der Waals surface area contributed by atoms with Crippen LogP contribution in [0.1, 0.15) is 42.5 Å². The molecular formula is C16H23ClN4. The van der Waals surface area contributed by atoms with E-state index in [0.717, 1.165) is 41.5 Å². The number of likely N-dealkylation sites (N-methyl/N-ethyl adjacent to an activating group) is 1. The minimum Gasteiger partial charge on any atom is -0.309 e. The lowest BCUT2D eigenvalue weighted by Gasteiger charge is -2.18. The number of pyridine rings is 1. The normalized spacial score (nSPS) is 12.6. The fraction of sp³-hybridized carbons (Fsp3) is 0.500. The molecule has 2 heterocycles. The van der Waals surface area contributed by atoms with Crippen molar-refractivity contribution < 1.29 is 0 Å². The van der Waals surface area contributed by atoms with Gasteiger partial charge in [0.05, 0.1) is 28.1 Å². The molecule has 0 spiro atoms. The number of rotatable bonds is 6. The fourth-order valence-corrected chi connectivity index (χ4v) is 2.88. The first-order chi connectivity index (χ1) is 10.1. The molecule has 2 aromatic rings. The molecule has 0 amide bonds. The molecule has 21 heavy (non-hydrogen) atoms. The van der Waals surface area contributed by atoms with Crippen molar-refractivity contribution in [3.05, 3.63) is 46.0 Å². The highest BCUT2D eigenvalue weighted by Gasteiger charge is 2.19. The highest BCUT2D eigenvalue weighted by Crippen LogP contribution is 2.26. The molecule has 1 N–H and O–H groups in total. The van der Waals surface area contributed by atoms with Gasteiger partial charge in [-0.1, -0.05) is 25.4 Å². The van der Waals surface area contributed by atoms with Gasteiger partial charge in [-0.3, -0.25) is 9.67 Å². The minimum absolute atomic E-state index is 0.146. The average Bonchev–Trinajstić information content (AvgIpc) is 2.74. The summed E-state index contributed by atoms with van der Waals surface area (Å²) in [6.45, 7) is 7.14. The zero-order valence-electron chi connectivity index (χ0n) is 13.2. The molecule has 0 saturated heterocycles. The first-order valence-corrected chi connectivity index (χ1v) is 7.80. The second-order valence-electron chi connectivity index (χ2n) is 5.26. The molecule has 0 radical (unpaired) electrons. The van der Waals surface area contributed by atoms with Crippen molar-refractivity contribution in [2.24, 2.45) is 7.05 Å². The topological polar surface area (TPSA) is 42.7 Å². The molecule has 0 bridgehead atoms. The Hall–Kier alpha value is -1.39. The maximum atomic E-state index is 6.46. The van der Waals surface area contributed by atoms with E-state index in [-0.39, 0.29) is 6.04 Å². The number of halogens is 1. The quantitative estimate of drug-likeness (QED) is 0.891. The summed E-state index contributed by atoms with van der Waals surface area (Å²) in [6.07, 6.45) is 3.49. The Labute approximate surface area is 131 Å². The number of nitrogens with zero attached hydrogens (tertiary/aromatic N) is 3. The van der Waals surface area contributed by atoms with E-state index in [2.05, 4.69) is 42.2 Å². The van der Waals surface area contributed by atoms with E-state index in [1.165, 1.54) is 5.56 Å². The number of nitrogens with one attached hydrogen (secondary N) is 1. The van der Waals surface area contributed by atoms with Gasteiger partial charge in [0.15, 0.2) is 0 Å². The second-order valence-corrected chi connectivity index (χ2v) is 5.63. The summed E-state index contributed by atoms with van der Waals surface area (Å²) in [5.41, 5.74) is 4.28. The Balaban J connectivity index is 2.30. The number of hydrogen-bond donors (Lipinski definition) is 1. The van der Waals surface area contributed by atoms with E-state index in [4.69, 9.17) is 11.6 Å². The van der Waals surface area contributed by atoms with Crippen molar-refractivity contribution in [3.8, 4) is 0 Å². The lowest BCUT2D eigenvalue weighted by atomic mass is 10.0. The highest BCUT2D eigenvalue weighted by molar-refractivity contribution is 6.31. The molecular weight excluding hydrogens is 284 g/mol. The molecule has 1 atom stereocenters. The maximum absolute atomic E-state index is 6.46. The summed E-state index contributed by atoms with van der Waals surface area (Å²) >= 11 is 6.46. The zero-order valence-corrected chi connectivity index (χ0v) is 13.9. The van der Waals surface area contributed by atoms with Crippen LogP contribution in [0.15, 0.2) is 18.3 Å². The van der Waals surface area contributed by atoms with Gasteiger partial charge < -0.3 is 5.32 Å². The van der Waals surface area contributed by atoms with Gasteiger partial charge in [0, 0.05) is 19.7 Å². The second kappa shape index (κ2) is 7.05. The molecule has 0 aliphatic rings. The van der Waals surface area contributed by atoms with Gasteiger partial charge in [0.25, 0.3) is 0 Å². The van der Waals surface area contributed by atoms with Crippen molar-refractivity contribution in [1.29, 1.82) is 0 Å². The van der Waals surface area contributed by atoms with Crippen LogP contribution in [0.2, 0.25) is 5.02 Å². The summed E-state index contributed by atoms with van der Waals surface area (Å²) in [4.78, 5) is 4.51. The molecule has 4 nitrogen and oxygen atoms in total. The largest absolute Gasteiger partial charge is 0.309 e. The summed E-state index contributed by atoms with van der Waals surface area (Å²) in [5, 5.41) is 8.77. The lowest BCUT2D eigenvalue weighted by molar-refractivity contribution is 0.517. The first-order valence-electron chi connectivity index (χ1n) is 7.43. The fourth-order valence-electron chi connectivity index (χ4n) is 2.51. The monoisotopic (exact) mass is 306 g/mol. The van der Waals surface area contributed by atoms with Crippen LogP contribution in [0.4, 0.5) is 0 Å². The molecule has 2 rings (SSSR count). The SMILES string of the molecule is CCNC(Cc1c(Cl)c(CC)nn1C)c1cc(C)ccn1. The molecule has 0 fully saturated rings. The van der Waals surface area contributed by atoms with Gasteiger partial charge >= 0.3 is 0 Å². The molecule has 0 aliphatic carbocycles. The predicted octanol–water partition coefficient (Wildman–Crippen LogP) is 3.23. The molecule has 1 unspecified atom stereocenters. The van der Waals surface area contributed by atoms with Gasteiger partial charge in [0.1, 0.15) is 0 Å². The van der Waals surface area contributed by atoms with Crippen LogP contribution in [-0.4, -0.2) is 21.3 Å². The van der Waals surface area contributed by atoms with E-state index in [9.17, 15) is 0 Å². The summed E-state index contributed by atoms with van der Waals surface area (Å²) in [6, 6.07) is 4.28. The third-order valence-electron chi connectivity index (χ3n) is 3.64. The Kier molecular flexibility index (Phi) is 5.37. The summed E-state index contributed by atoms with van der Waals surface area (Å²) in [7, 11) is 1.95. The van der Waals surface area contributed by atoms with Crippen molar-refractivity contribution in [2.75, 3.05) is 6.54 Å². The maximum Gasteiger partial charge on any atom is 0.0850 e. The van der Waals surface area contributed by atoms with Crippen LogP contribution in [-0.2, 0) is 19.9 Å². The van der Waals surface area contributed by atoms with Gasteiger partial charge in [-0.25, -0.2) is 0 Å². The molecule has 0 aliphatic heterocycles. The van der Waals surface area contributed by atoms with Crippen LogP contribution >= 0.6 is 11.6 Å². The minimum atomic E-state index is 0.146. The Morgan fingerprint density at radius 1 is 1.38 bits per heavy atom. The average molecular weight is 307 g/mol. The zero-order chi connectivity index (χ0) is 15.4. The summed E-state index contributed by atoms with van der Waals surface area (Å²) in [5.74, 6) is 0.